The fourth-order valence-electron chi connectivity index (χ4n) is 4.88. The van der Waals surface area contributed by atoms with Crippen LogP contribution in [0.25, 0.3) is 11.1 Å². The van der Waals surface area contributed by atoms with Crippen molar-refractivity contribution in [2.45, 2.75) is 37.0 Å². The van der Waals surface area contributed by atoms with Gasteiger partial charge < -0.3 is 15.0 Å². The molecule has 1 aliphatic carbocycles. The SMILES string of the molecule is CC(=O)O.NC1=NC(c2ccc(OS(=O)(=O)C3CC3)cc2)(c2cccc(-c3cccc(Cl)c3)c2)C2=NCCCN12. The number of carbonyl (C=O) groups is 1. The lowest BCUT2D eigenvalue weighted by molar-refractivity contribution is -0.134. The van der Waals surface area contributed by atoms with Crippen molar-refractivity contribution in [1.29, 1.82) is 0 Å². The third kappa shape index (κ3) is 5.55. The van der Waals surface area contributed by atoms with Crippen LogP contribution in [-0.4, -0.2) is 54.5 Å². The van der Waals surface area contributed by atoms with E-state index >= 15 is 0 Å². The van der Waals surface area contributed by atoms with E-state index < -0.39 is 26.9 Å². The largest absolute Gasteiger partial charge is 0.481 e. The molecule has 9 nitrogen and oxygen atoms in total. The molecule has 6 rings (SSSR count). The Labute approximate surface area is 238 Å². The number of nitrogens with two attached hydrogens (primary N) is 1. The number of hydrogen-bond donors (Lipinski definition) is 2. The van der Waals surface area contributed by atoms with Gasteiger partial charge in [-0.3, -0.25) is 14.7 Å². The lowest BCUT2D eigenvalue weighted by Crippen LogP contribution is -2.46. The molecule has 0 bridgehead atoms. The number of guanidine groups is 1. The van der Waals surface area contributed by atoms with Gasteiger partial charge in [-0.25, -0.2) is 4.99 Å². The molecule has 0 spiro atoms. The van der Waals surface area contributed by atoms with Crippen LogP contribution in [0.4, 0.5) is 0 Å². The number of hydrogen-bond acceptors (Lipinski definition) is 8. The number of halogens is 1. The number of carboxylic acid groups (broad SMARTS) is 1. The van der Waals surface area contributed by atoms with Crippen molar-refractivity contribution in [3.05, 3.63) is 88.9 Å². The number of rotatable bonds is 6. The Kier molecular flexibility index (Phi) is 7.57. The molecule has 1 saturated carbocycles. The van der Waals surface area contributed by atoms with Gasteiger partial charge in [0.2, 0.25) is 0 Å². The van der Waals surface area contributed by atoms with Crippen LogP contribution in [0.2, 0.25) is 5.02 Å². The number of aliphatic carboxylic acids is 1. The van der Waals surface area contributed by atoms with Crippen LogP contribution in [0.5, 0.6) is 5.75 Å². The number of amidine groups is 1. The van der Waals surface area contributed by atoms with Crippen molar-refractivity contribution < 1.29 is 22.5 Å². The maximum Gasteiger partial charge on any atom is 0.312 e. The maximum absolute atomic E-state index is 12.3. The molecule has 1 atom stereocenters. The van der Waals surface area contributed by atoms with E-state index in [1.54, 1.807) is 12.1 Å². The highest BCUT2D eigenvalue weighted by atomic mass is 35.5. The van der Waals surface area contributed by atoms with Gasteiger partial charge in [0, 0.05) is 25.0 Å². The summed E-state index contributed by atoms with van der Waals surface area (Å²) < 4.78 is 30.0. The van der Waals surface area contributed by atoms with Crippen LogP contribution < -0.4 is 9.92 Å². The van der Waals surface area contributed by atoms with E-state index in [0.717, 1.165) is 48.0 Å². The molecular formula is C29H29ClN4O5S. The van der Waals surface area contributed by atoms with Gasteiger partial charge in [-0.2, -0.15) is 8.42 Å². The van der Waals surface area contributed by atoms with Gasteiger partial charge >= 0.3 is 10.1 Å². The van der Waals surface area contributed by atoms with Gasteiger partial charge in [0.15, 0.2) is 11.5 Å². The molecule has 1 fully saturated rings. The second-order valence-corrected chi connectivity index (χ2v) is 12.1. The molecule has 0 radical (unpaired) electrons. The Morgan fingerprint density at radius 2 is 1.70 bits per heavy atom. The van der Waals surface area contributed by atoms with Crippen LogP contribution >= 0.6 is 11.6 Å². The quantitative estimate of drug-likeness (QED) is 0.405. The van der Waals surface area contributed by atoms with Crippen molar-refractivity contribution in [3.8, 4) is 16.9 Å². The average Bonchev–Trinajstić information content (AvgIpc) is 3.75. The summed E-state index contributed by atoms with van der Waals surface area (Å²) in [7, 11) is -3.60. The zero-order chi connectivity index (χ0) is 28.5. The number of aliphatic imine (C=N–C) groups is 2. The van der Waals surface area contributed by atoms with E-state index in [2.05, 4.69) is 6.07 Å². The van der Waals surface area contributed by atoms with Gasteiger partial charge in [0.1, 0.15) is 11.6 Å². The first-order valence-electron chi connectivity index (χ1n) is 12.9. The first-order valence-corrected chi connectivity index (χ1v) is 14.7. The van der Waals surface area contributed by atoms with E-state index in [-0.39, 0.29) is 5.75 Å². The molecule has 2 aliphatic heterocycles. The van der Waals surface area contributed by atoms with Crippen LogP contribution in [0.3, 0.4) is 0 Å². The minimum atomic E-state index is -3.60. The number of benzene rings is 3. The summed E-state index contributed by atoms with van der Waals surface area (Å²) in [5, 5.41) is 7.68. The normalized spacial score (nSPS) is 20.0. The summed E-state index contributed by atoms with van der Waals surface area (Å²) >= 11 is 6.26. The van der Waals surface area contributed by atoms with E-state index in [1.807, 2.05) is 59.5 Å². The number of fused-ring (bicyclic) bond motifs is 1. The van der Waals surface area contributed by atoms with Gasteiger partial charge in [-0.15, -0.1) is 0 Å². The van der Waals surface area contributed by atoms with E-state index in [4.69, 9.17) is 41.4 Å². The van der Waals surface area contributed by atoms with Crippen molar-refractivity contribution >= 4 is 39.5 Å². The topological polar surface area (TPSA) is 135 Å². The molecular weight excluding hydrogens is 552 g/mol. The predicted molar refractivity (Wildman–Crippen MR) is 155 cm³/mol. The first kappa shape index (κ1) is 27.7. The van der Waals surface area contributed by atoms with Crippen LogP contribution in [-0.2, 0) is 20.5 Å². The zero-order valence-corrected chi connectivity index (χ0v) is 23.4. The second-order valence-electron chi connectivity index (χ2n) is 9.80. The molecule has 11 heteroatoms. The van der Waals surface area contributed by atoms with E-state index in [0.29, 0.717) is 30.4 Å². The van der Waals surface area contributed by atoms with Crippen molar-refractivity contribution in [3.63, 3.8) is 0 Å². The Morgan fingerprint density at radius 1 is 1.05 bits per heavy atom. The minimum Gasteiger partial charge on any atom is -0.481 e. The molecule has 3 N–H and O–H groups in total. The third-order valence-electron chi connectivity index (χ3n) is 6.79. The van der Waals surface area contributed by atoms with Crippen molar-refractivity contribution in [2.24, 2.45) is 15.7 Å². The molecule has 0 saturated heterocycles. The Hall–Kier alpha value is -3.89. The van der Waals surface area contributed by atoms with Crippen molar-refractivity contribution in [2.75, 3.05) is 13.1 Å². The maximum atomic E-state index is 12.3. The van der Waals surface area contributed by atoms with Crippen LogP contribution in [0.1, 0.15) is 37.3 Å². The predicted octanol–water partition coefficient (Wildman–Crippen LogP) is 4.65. The standard InChI is InChI=1S/C27H25ClN4O3S.C2H4O2/c28-22-7-2-5-19(17-22)18-4-1-6-21(16-18)27(25-30-14-3-15-32(25)26(29)31-27)20-8-10-23(11-9-20)35-36(33,34)24-12-13-24;1-2(3)4/h1-2,4-11,16-17,24H,3,12-15H2,(H2,29,31);1H3,(H,3,4). The first-order chi connectivity index (χ1) is 19.1. The van der Waals surface area contributed by atoms with Crippen molar-refractivity contribution in [1.82, 2.24) is 4.90 Å². The smallest absolute Gasteiger partial charge is 0.312 e. The Morgan fingerprint density at radius 3 is 2.35 bits per heavy atom. The monoisotopic (exact) mass is 580 g/mol. The average molecular weight is 581 g/mol. The number of nitrogens with zero attached hydrogens (tertiary/aromatic N) is 3. The highest BCUT2D eigenvalue weighted by Gasteiger charge is 2.49. The highest BCUT2D eigenvalue weighted by Crippen LogP contribution is 2.43. The summed E-state index contributed by atoms with van der Waals surface area (Å²) in [6.45, 7) is 2.51. The molecule has 3 aromatic carbocycles. The van der Waals surface area contributed by atoms with E-state index in [1.165, 1.54) is 0 Å². The molecule has 2 heterocycles. The molecule has 1 unspecified atom stereocenters. The summed E-state index contributed by atoms with van der Waals surface area (Å²) in [5.41, 5.74) is 9.19. The van der Waals surface area contributed by atoms with Gasteiger partial charge in [-0.1, -0.05) is 54.1 Å². The van der Waals surface area contributed by atoms with E-state index in [9.17, 15) is 8.42 Å². The highest BCUT2D eigenvalue weighted by molar-refractivity contribution is 7.88. The second kappa shape index (κ2) is 10.9. The lowest BCUT2D eigenvalue weighted by atomic mass is 9.81. The summed E-state index contributed by atoms with van der Waals surface area (Å²) in [4.78, 5) is 20.9. The molecule has 40 heavy (non-hydrogen) atoms. The molecule has 3 aromatic rings. The Balaban J connectivity index is 0.000000758. The number of carboxylic acids is 1. The fourth-order valence-corrected chi connectivity index (χ4v) is 6.30. The van der Waals surface area contributed by atoms with Crippen LogP contribution in [0, 0.1) is 0 Å². The summed E-state index contributed by atoms with van der Waals surface area (Å²) in [6.07, 6.45) is 2.19. The van der Waals surface area contributed by atoms with Crippen LogP contribution in [0.15, 0.2) is 82.8 Å². The zero-order valence-electron chi connectivity index (χ0n) is 21.8. The van der Waals surface area contributed by atoms with Gasteiger partial charge in [-0.05, 0) is 71.8 Å². The molecule has 3 aliphatic rings. The summed E-state index contributed by atoms with van der Waals surface area (Å²) in [6, 6.07) is 22.9. The third-order valence-corrected chi connectivity index (χ3v) is 8.74. The minimum absolute atomic E-state index is 0.283. The fraction of sp³-hybridized carbons (Fsp3) is 0.276. The Bertz CT molecular complexity index is 1600. The molecule has 208 valence electrons. The lowest BCUT2D eigenvalue weighted by Gasteiger charge is -2.33. The van der Waals surface area contributed by atoms with Gasteiger partial charge in [0.25, 0.3) is 5.97 Å². The summed E-state index contributed by atoms with van der Waals surface area (Å²) in [5.74, 6) is 0.637. The van der Waals surface area contributed by atoms with Gasteiger partial charge in [0.05, 0.1) is 5.25 Å². The molecule has 0 amide bonds. The molecule has 0 aromatic heterocycles.